The number of rotatable bonds is 9. The zero-order valence-electron chi connectivity index (χ0n) is 17.3. The Hall–Kier alpha value is -3.45. The van der Waals surface area contributed by atoms with E-state index in [9.17, 15) is 4.79 Å². The van der Waals surface area contributed by atoms with Gasteiger partial charge in [0.15, 0.2) is 5.82 Å². The first kappa shape index (κ1) is 20.8. The van der Waals surface area contributed by atoms with Crippen LogP contribution in [-0.2, 0) is 0 Å². The molecule has 0 aliphatic carbocycles. The zero-order chi connectivity index (χ0) is 21.6. The van der Waals surface area contributed by atoms with Crippen LogP contribution >= 0.6 is 11.3 Å². The van der Waals surface area contributed by atoms with Gasteiger partial charge < -0.3 is 9.47 Å². The molecule has 0 amide bonds. The fourth-order valence-corrected chi connectivity index (χ4v) is 3.87. The third-order valence-corrected chi connectivity index (χ3v) is 5.57. The molecule has 0 aliphatic heterocycles. The van der Waals surface area contributed by atoms with E-state index in [1.165, 1.54) is 15.9 Å². The summed E-state index contributed by atoms with van der Waals surface area (Å²) in [5.74, 6) is 2.09. The number of nitrogens with zero attached hydrogens (tertiary/aromatic N) is 3. The Morgan fingerprint density at radius 1 is 1.06 bits per heavy atom. The van der Waals surface area contributed by atoms with Gasteiger partial charge in [0, 0.05) is 5.56 Å². The van der Waals surface area contributed by atoms with E-state index in [2.05, 4.69) is 23.6 Å². The topological polar surface area (TPSA) is 65.7 Å². The Morgan fingerprint density at radius 2 is 1.77 bits per heavy atom. The van der Waals surface area contributed by atoms with Crippen LogP contribution in [0.25, 0.3) is 22.4 Å². The molecule has 4 aromatic rings. The highest BCUT2D eigenvalue weighted by molar-refractivity contribution is 7.15. The van der Waals surface area contributed by atoms with Crippen molar-refractivity contribution >= 4 is 22.4 Å². The van der Waals surface area contributed by atoms with Crippen LogP contribution in [0.15, 0.2) is 66.0 Å². The van der Waals surface area contributed by atoms with E-state index in [0.29, 0.717) is 28.5 Å². The third-order valence-electron chi connectivity index (χ3n) is 4.61. The third kappa shape index (κ3) is 4.83. The van der Waals surface area contributed by atoms with Crippen molar-refractivity contribution < 1.29 is 9.47 Å². The second-order valence-electron chi connectivity index (χ2n) is 6.94. The normalized spacial score (nSPS) is 11.7. The second-order valence-corrected chi connectivity index (χ2v) is 7.95. The number of unbranched alkanes of at least 4 members (excludes halogenated alkanes) is 1. The Balaban J connectivity index is 1.55. The molecule has 2 aromatic heterocycles. The number of aromatic nitrogens is 3. The summed E-state index contributed by atoms with van der Waals surface area (Å²) >= 11 is 1.32. The average molecular weight is 434 g/mol. The van der Waals surface area contributed by atoms with E-state index < -0.39 is 0 Å². The van der Waals surface area contributed by atoms with Gasteiger partial charge in [-0.05, 0) is 54.5 Å². The first-order valence-corrected chi connectivity index (χ1v) is 11.0. The molecule has 31 heavy (non-hydrogen) atoms. The number of thiazole rings is 1. The lowest BCUT2D eigenvalue weighted by Crippen LogP contribution is -2.23. The van der Waals surface area contributed by atoms with Crippen LogP contribution in [0.2, 0.25) is 0 Å². The fraction of sp³-hybridized carbons (Fsp3) is 0.208. The maximum atomic E-state index is 12.8. The molecule has 0 bridgehead atoms. The van der Waals surface area contributed by atoms with Crippen LogP contribution in [0.1, 0.15) is 25.3 Å². The van der Waals surface area contributed by atoms with E-state index in [1.807, 2.05) is 54.6 Å². The molecular formula is C24H23N3O3S. The van der Waals surface area contributed by atoms with Gasteiger partial charge in [0.05, 0.1) is 11.1 Å². The Kier molecular flexibility index (Phi) is 6.43. The van der Waals surface area contributed by atoms with E-state index in [1.54, 1.807) is 6.08 Å². The highest BCUT2D eigenvalue weighted by Gasteiger charge is 2.12. The van der Waals surface area contributed by atoms with E-state index in [0.717, 1.165) is 35.5 Å². The smallest absolute Gasteiger partial charge is 0.291 e. The van der Waals surface area contributed by atoms with Crippen LogP contribution in [0.3, 0.4) is 0 Å². The summed E-state index contributed by atoms with van der Waals surface area (Å²) in [6.45, 7) is 6.93. The Bertz CT molecular complexity index is 1270. The fourth-order valence-electron chi connectivity index (χ4n) is 2.96. The number of ether oxygens (including phenoxy) is 2. The van der Waals surface area contributed by atoms with Crippen molar-refractivity contribution in [2.24, 2.45) is 0 Å². The molecule has 2 aromatic carbocycles. The van der Waals surface area contributed by atoms with E-state index in [-0.39, 0.29) is 5.56 Å². The van der Waals surface area contributed by atoms with Gasteiger partial charge in [0.2, 0.25) is 4.96 Å². The van der Waals surface area contributed by atoms with Gasteiger partial charge in [-0.25, -0.2) is 0 Å². The zero-order valence-corrected chi connectivity index (χ0v) is 18.1. The lowest BCUT2D eigenvalue weighted by molar-refractivity contribution is 0.309. The van der Waals surface area contributed by atoms with Gasteiger partial charge in [0.25, 0.3) is 5.56 Å². The van der Waals surface area contributed by atoms with Gasteiger partial charge in [-0.2, -0.15) is 9.50 Å². The number of benzene rings is 2. The molecule has 0 spiro atoms. The van der Waals surface area contributed by atoms with Crippen LogP contribution in [0, 0.1) is 0 Å². The maximum absolute atomic E-state index is 12.8. The molecule has 0 saturated heterocycles. The number of hydrogen-bond donors (Lipinski definition) is 0. The van der Waals surface area contributed by atoms with E-state index in [4.69, 9.17) is 9.47 Å². The van der Waals surface area contributed by atoms with Crippen LogP contribution in [0.4, 0.5) is 0 Å². The summed E-state index contributed by atoms with van der Waals surface area (Å²) in [7, 11) is 0. The summed E-state index contributed by atoms with van der Waals surface area (Å²) in [6, 6.07) is 15.2. The highest BCUT2D eigenvalue weighted by atomic mass is 32.1. The Morgan fingerprint density at radius 3 is 2.45 bits per heavy atom. The molecule has 7 heteroatoms. The van der Waals surface area contributed by atoms with E-state index >= 15 is 0 Å². The average Bonchev–Trinajstić information content (AvgIpc) is 3.33. The monoisotopic (exact) mass is 433 g/mol. The lowest BCUT2D eigenvalue weighted by atomic mass is 10.2. The number of hydrogen-bond acceptors (Lipinski definition) is 6. The standard InChI is InChI=1S/C24H23N3O3S/c1-3-5-15-30-19-10-6-17(7-11-19)16-21-23(28)27-24(31-21)25-22(26-27)18-8-12-20(13-9-18)29-14-4-2/h4,6-13,16H,2-3,5,14-15H2,1H3. The summed E-state index contributed by atoms with van der Waals surface area (Å²) in [5, 5.41) is 4.40. The molecule has 0 radical (unpaired) electrons. The van der Waals surface area contributed by atoms with Crippen molar-refractivity contribution in [3.8, 4) is 22.9 Å². The second kappa shape index (κ2) is 9.57. The molecule has 0 fully saturated rings. The van der Waals surface area contributed by atoms with Crippen molar-refractivity contribution in [3.05, 3.63) is 81.6 Å². The predicted molar refractivity (Wildman–Crippen MR) is 124 cm³/mol. The van der Waals surface area contributed by atoms with Gasteiger partial charge in [-0.1, -0.05) is 49.5 Å². The highest BCUT2D eigenvalue weighted by Crippen LogP contribution is 2.20. The molecule has 0 aliphatic rings. The minimum Gasteiger partial charge on any atom is -0.494 e. The maximum Gasteiger partial charge on any atom is 0.291 e. The molecule has 0 unspecified atom stereocenters. The summed E-state index contributed by atoms with van der Waals surface area (Å²) < 4.78 is 13.1. The van der Waals surface area contributed by atoms with Crippen molar-refractivity contribution in [1.82, 2.24) is 14.6 Å². The van der Waals surface area contributed by atoms with Crippen molar-refractivity contribution in [3.63, 3.8) is 0 Å². The molecule has 0 N–H and O–H groups in total. The van der Waals surface area contributed by atoms with Crippen molar-refractivity contribution in [2.45, 2.75) is 19.8 Å². The van der Waals surface area contributed by atoms with Gasteiger partial charge in [0.1, 0.15) is 18.1 Å². The Labute approximate surface area is 184 Å². The molecule has 6 nitrogen and oxygen atoms in total. The van der Waals surface area contributed by atoms with Crippen LogP contribution in [-0.4, -0.2) is 27.8 Å². The number of fused-ring (bicyclic) bond motifs is 1. The molecule has 2 heterocycles. The lowest BCUT2D eigenvalue weighted by Gasteiger charge is -2.04. The minimum atomic E-state index is -0.173. The molecule has 0 saturated carbocycles. The van der Waals surface area contributed by atoms with Crippen molar-refractivity contribution in [1.29, 1.82) is 0 Å². The first-order valence-electron chi connectivity index (χ1n) is 10.2. The SMILES string of the molecule is C=CCOc1ccc(-c2nc3sc(=Cc4ccc(OCCCC)cc4)c(=O)n3n2)cc1. The molecule has 158 valence electrons. The molecule has 0 atom stereocenters. The molecular weight excluding hydrogens is 410 g/mol. The van der Waals surface area contributed by atoms with Crippen LogP contribution in [0.5, 0.6) is 11.5 Å². The van der Waals surface area contributed by atoms with Gasteiger partial charge >= 0.3 is 0 Å². The largest absolute Gasteiger partial charge is 0.494 e. The first-order chi connectivity index (χ1) is 15.2. The summed E-state index contributed by atoms with van der Waals surface area (Å²) in [4.78, 5) is 17.9. The van der Waals surface area contributed by atoms with Crippen LogP contribution < -0.4 is 19.6 Å². The van der Waals surface area contributed by atoms with Gasteiger partial charge in [-0.15, -0.1) is 5.10 Å². The van der Waals surface area contributed by atoms with Crippen molar-refractivity contribution in [2.75, 3.05) is 13.2 Å². The summed E-state index contributed by atoms with van der Waals surface area (Å²) in [5.41, 5.74) is 1.58. The van der Waals surface area contributed by atoms with Gasteiger partial charge in [-0.3, -0.25) is 4.79 Å². The molecule has 4 rings (SSSR count). The minimum absolute atomic E-state index is 0.173. The predicted octanol–water partition coefficient (Wildman–Crippen LogP) is 4.11. The summed E-state index contributed by atoms with van der Waals surface area (Å²) in [6.07, 6.45) is 5.68. The quantitative estimate of drug-likeness (QED) is 0.294.